The van der Waals surface area contributed by atoms with E-state index in [0.717, 1.165) is 10.7 Å². The molecular formula is C23H48NO2+. The second kappa shape index (κ2) is 20.5. The number of carbonyl (C=O) groups excluding carboxylic acids is 1. The quantitative estimate of drug-likeness (QED) is 0.128. The van der Waals surface area contributed by atoms with Crippen LogP contribution in [0.2, 0.25) is 0 Å². The Balaban J connectivity index is 0. The topological polar surface area (TPSA) is 26.3 Å². The third-order valence-corrected chi connectivity index (χ3v) is 4.43. The van der Waals surface area contributed by atoms with Crippen molar-refractivity contribution < 1.29 is 14.0 Å². The van der Waals surface area contributed by atoms with Gasteiger partial charge in [0.15, 0.2) is 0 Å². The van der Waals surface area contributed by atoms with Gasteiger partial charge in [-0.25, -0.2) is 0 Å². The minimum atomic E-state index is -0.329. The first kappa shape index (κ1) is 27.4. The van der Waals surface area contributed by atoms with E-state index in [-0.39, 0.29) is 5.97 Å². The Morgan fingerprint density at radius 2 is 1.12 bits per heavy atom. The Labute approximate surface area is 164 Å². The van der Waals surface area contributed by atoms with E-state index in [1.165, 1.54) is 103 Å². The first-order chi connectivity index (χ1) is 12.3. The number of hydrogen-bond acceptors (Lipinski definition) is 2. The monoisotopic (exact) mass is 370 g/mol. The number of quaternary nitrogens is 1. The highest BCUT2D eigenvalue weighted by molar-refractivity contribution is 5.66. The maximum atomic E-state index is 9.75. The fraction of sp³-hybridized carbons (Fsp3) is 0.870. The van der Waals surface area contributed by atoms with Gasteiger partial charge in [-0.3, -0.25) is 4.79 Å². The Morgan fingerprint density at radius 1 is 0.769 bits per heavy atom. The Bertz CT molecular complexity index is 308. The highest BCUT2D eigenvalue weighted by Gasteiger charge is 2.04. The van der Waals surface area contributed by atoms with Gasteiger partial charge in [-0.2, -0.15) is 0 Å². The lowest BCUT2D eigenvalue weighted by molar-refractivity contribution is -0.870. The molecule has 0 aromatic carbocycles. The van der Waals surface area contributed by atoms with Crippen LogP contribution in [0.1, 0.15) is 104 Å². The standard InChI is InChI=1S/C19H42N.C4H6O2/c1-5-6-7-8-9-10-11-12-13-14-15-16-17-18-19-20(2,3)4;1-3-6-4(2)5/h5-19H2,1-4H3;3H,1H2,2H3/q+1;. The number of carbonyl (C=O) groups is 1. The molecule has 156 valence electrons. The van der Waals surface area contributed by atoms with Gasteiger partial charge >= 0.3 is 5.97 Å². The smallest absolute Gasteiger partial charge is 0.307 e. The minimum Gasteiger partial charge on any atom is -0.435 e. The molecule has 26 heavy (non-hydrogen) atoms. The second-order valence-corrected chi connectivity index (χ2v) is 8.39. The first-order valence-corrected chi connectivity index (χ1v) is 10.9. The van der Waals surface area contributed by atoms with E-state index < -0.39 is 0 Å². The lowest BCUT2D eigenvalue weighted by atomic mass is 10.0. The maximum Gasteiger partial charge on any atom is 0.307 e. The van der Waals surface area contributed by atoms with Crippen LogP contribution in [0.25, 0.3) is 0 Å². The molecule has 0 amide bonds. The van der Waals surface area contributed by atoms with Crippen molar-refractivity contribution in [3.8, 4) is 0 Å². The predicted octanol–water partition coefficient (Wildman–Crippen LogP) is 6.87. The molecule has 0 fully saturated rings. The van der Waals surface area contributed by atoms with Crippen molar-refractivity contribution in [3.05, 3.63) is 12.8 Å². The van der Waals surface area contributed by atoms with Crippen molar-refractivity contribution in [3.63, 3.8) is 0 Å². The third kappa shape index (κ3) is 31.0. The van der Waals surface area contributed by atoms with E-state index in [1.54, 1.807) is 0 Å². The van der Waals surface area contributed by atoms with Crippen molar-refractivity contribution in [1.82, 2.24) is 0 Å². The molecule has 0 spiro atoms. The zero-order chi connectivity index (χ0) is 20.1. The van der Waals surface area contributed by atoms with Gasteiger partial charge in [-0.15, -0.1) is 0 Å². The summed E-state index contributed by atoms with van der Waals surface area (Å²) in [5, 5.41) is 0. The van der Waals surface area contributed by atoms with E-state index in [4.69, 9.17) is 0 Å². The van der Waals surface area contributed by atoms with Crippen LogP contribution in [0.15, 0.2) is 12.8 Å². The maximum absolute atomic E-state index is 9.75. The lowest BCUT2D eigenvalue weighted by Crippen LogP contribution is -2.35. The second-order valence-electron chi connectivity index (χ2n) is 8.39. The Hall–Kier alpha value is -0.830. The number of rotatable bonds is 16. The summed E-state index contributed by atoms with van der Waals surface area (Å²) in [7, 11) is 6.88. The number of esters is 1. The number of unbranched alkanes of at least 4 members (excludes halogenated alkanes) is 13. The van der Waals surface area contributed by atoms with E-state index >= 15 is 0 Å². The highest BCUT2D eigenvalue weighted by atomic mass is 16.5. The van der Waals surface area contributed by atoms with Crippen LogP contribution in [-0.4, -0.2) is 38.1 Å². The molecule has 3 heteroatoms. The van der Waals surface area contributed by atoms with Crippen molar-refractivity contribution >= 4 is 5.97 Å². The Morgan fingerprint density at radius 3 is 1.35 bits per heavy atom. The number of ether oxygens (including phenoxy) is 1. The average molecular weight is 371 g/mol. The summed E-state index contributed by atoms with van der Waals surface area (Å²) >= 11 is 0. The fourth-order valence-electron chi connectivity index (χ4n) is 2.90. The molecular weight excluding hydrogens is 322 g/mol. The zero-order valence-electron chi connectivity index (χ0n) is 18.7. The average Bonchev–Trinajstić information content (AvgIpc) is 2.54. The largest absolute Gasteiger partial charge is 0.435 e. The molecule has 3 nitrogen and oxygen atoms in total. The van der Waals surface area contributed by atoms with E-state index in [0.29, 0.717) is 0 Å². The molecule has 0 aliphatic rings. The Kier molecular flexibility index (Phi) is 21.6. The molecule has 0 aromatic heterocycles. The van der Waals surface area contributed by atoms with Gasteiger partial charge < -0.3 is 9.22 Å². The van der Waals surface area contributed by atoms with Crippen molar-refractivity contribution in [2.75, 3.05) is 27.7 Å². The molecule has 0 aromatic rings. The van der Waals surface area contributed by atoms with E-state index in [1.807, 2.05) is 0 Å². The third-order valence-electron chi connectivity index (χ3n) is 4.43. The zero-order valence-corrected chi connectivity index (χ0v) is 18.7. The summed E-state index contributed by atoms with van der Waals surface area (Å²) in [6, 6.07) is 0. The van der Waals surface area contributed by atoms with Gasteiger partial charge in [0.1, 0.15) is 0 Å². The predicted molar refractivity (Wildman–Crippen MR) is 115 cm³/mol. The van der Waals surface area contributed by atoms with Gasteiger partial charge in [0, 0.05) is 6.92 Å². The van der Waals surface area contributed by atoms with E-state index in [2.05, 4.69) is 39.4 Å². The lowest BCUT2D eigenvalue weighted by Gasteiger charge is -2.23. The summed E-state index contributed by atoms with van der Waals surface area (Å²) < 4.78 is 5.29. The molecule has 0 aliphatic heterocycles. The SMILES string of the molecule is C=COC(C)=O.CCCCCCCCCCCCCCCC[N+](C)(C)C. The first-order valence-electron chi connectivity index (χ1n) is 10.9. The highest BCUT2D eigenvalue weighted by Crippen LogP contribution is 2.13. The number of hydrogen-bond donors (Lipinski definition) is 0. The van der Waals surface area contributed by atoms with Crippen LogP contribution in [-0.2, 0) is 9.53 Å². The van der Waals surface area contributed by atoms with Crippen LogP contribution in [0.4, 0.5) is 0 Å². The van der Waals surface area contributed by atoms with Gasteiger partial charge in [0.05, 0.1) is 33.9 Å². The molecule has 0 bridgehead atoms. The normalized spacial score (nSPS) is 10.8. The summed E-state index contributed by atoms with van der Waals surface area (Å²) in [5.41, 5.74) is 0. The molecule has 0 unspecified atom stereocenters. The molecule has 0 N–H and O–H groups in total. The van der Waals surface area contributed by atoms with Crippen molar-refractivity contribution in [2.24, 2.45) is 0 Å². The molecule has 0 saturated carbocycles. The number of nitrogens with zero attached hydrogens (tertiary/aromatic N) is 1. The molecule has 0 saturated heterocycles. The molecule has 0 heterocycles. The molecule has 0 radical (unpaired) electrons. The molecule has 0 rings (SSSR count). The molecule has 0 atom stereocenters. The summed E-state index contributed by atoms with van der Waals surface area (Å²) in [5.74, 6) is -0.329. The van der Waals surface area contributed by atoms with Crippen molar-refractivity contribution in [1.29, 1.82) is 0 Å². The van der Waals surface area contributed by atoms with Crippen LogP contribution < -0.4 is 0 Å². The summed E-state index contributed by atoms with van der Waals surface area (Å²) in [4.78, 5) is 9.75. The van der Waals surface area contributed by atoms with E-state index in [9.17, 15) is 4.79 Å². The van der Waals surface area contributed by atoms with Gasteiger partial charge in [0.2, 0.25) is 0 Å². The van der Waals surface area contributed by atoms with Crippen LogP contribution in [0.5, 0.6) is 0 Å². The van der Waals surface area contributed by atoms with Crippen molar-refractivity contribution in [2.45, 2.75) is 104 Å². The van der Waals surface area contributed by atoms with Gasteiger partial charge in [0.25, 0.3) is 0 Å². The van der Waals surface area contributed by atoms with Crippen LogP contribution in [0.3, 0.4) is 0 Å². The van der Waals surface area contributed by atoms with Crippen LogP contribution in [0, 0.1) is 0 Å². The van der Waals surface area contributed by atoms with Gasteiger partial charge in [-0.05, 0) is 12.8 Å². The summed E-state index contributed by atoms with van der Waals surface area (Å²) in [6.45, 7) is 8.10. The molecule has 0 aliphatic carbocycles. The van der Waals surface area contributed by atoms with Gasteiger partial charge in [-0.1, -0.05) is 90.6 Å². The summed E-state index contributed by atoms with van der Waals surface area (Å²) in [6.07, 6.45) is 21.5. The van der Waals surface area contributed by atoms with Crippen LogP contribution >= 0.6 is 0 Å². The minimum absolute atomic E-state index is 0.329. The fourth-order valence-corrected chi connectivity index (χ4v) is 2.90.